The Balaban J connectivity index is 1.68. The van der Waals surface area contributed by atoms with Crippen LogP contribution in [-0.4, -0.2) is 24.5 Å². The minimum atomic E-state index is -0.190. The Morgan fingerprint density at radius 3 is 2.52 bits per heavy atom. The molecule has 4 rings (SSSR count). The predicted octanol–water partition coefficient (Wildman–Crippen LogP) is 4.36. The molecule has 1 saturated heterocycles. The summed E-state index contributed by atoms with van der Waals surface area (Å²) in [6.45, 7) is 2.65. The highest BCUT2D eigenvalue weighted by Crippen LogP contribution is 2.41. The summed E-state index contributed by atoms with van der Waals surface area (Å²) in [6.07, 6.45) is 1.93. The molecule has 2 aliphatic heterocycles. The second-order valence-electron chi connectivity index (χ2n) is 6.54. The van der Waals surface area contributed by atoms with Crippen molar-refractivity contribution in [1.29, 1.82) is 0 Å². The Morgan fingerprint density at radius 2 is 1.76 bits per heavy atom. The van der Waals surface area contributed by atoms with E-state index in [0.717, 1.165) is 49.7 Å². The van der Waals surface area contributed by atoms with Gasteiger partial charge in [-0.2, -0.15) is 0 Å². The summed E-state index contributed by atoms with van der Waals surface area (Å²) in [5.41, 5.74) is 2.81. The maximum atomic E-state index is 6.20. The molecule has 130 valence electrons. The van der Waals surface area contributed by atoms with Crippen LogP contribution in [0.5, 0.6) is 0 Å². The maximum Gasteiger partial charge on any atom is 0.128 e. The van der Waals surface area contributed by atoms with Gasteiger partial charge < -0.3 is 16.0 Å². The number of nitrogens with zero attached hydrogens (tertiary/aromatic N) is 1. The van der Waals surface area contributed by atoms with E-state index in [1.807, 2.05) is 18.2 Å². The maximum absolute atomic E-state index is 6.20. The first-order chi connectivity index (χ1) is 12.2. The topological polar surface area (TPSA) is 48.4 Å². The number of fused-ring (bicyclic) bond motifs is 1. The van der Waals surface area contributed by atoms with Crippen LogP contribution in [0, 0.1) is 0 Å². The summed E-state index contributed by atoms with van der Waals surface area (Å²) in [5.74, 6) is 0.976. The van der Waals surface area contributed by atoms with Gasteiger partial charge in [-0.1, -0.05) is 53.5 Å². The van der Waals surface area contributed by atoms with Crippen LogP contribution in [0.4, 0.5) is 11.4 Å². The normalized spacial score (nSPS) is 18.2. The van der Waals surface area contributed by atoms with E-state index in [1.54, 1.807) is 0 Å². The van der Waals surface area contributed by atoms with Crippen LogP contribution in [0.25, 0.3) is 0 Å². The molecule has 2 aliphatic rings. The summed E-state index contributed by atoms with van der Waals surface area (Å²) in [5, 5.41) is 11.7. The number of halogens is 2. The molecule has 2 aromatic rings. The number of nitrogens with one attached hydrogen (secondary N) is 3. The summed E-state index contributed by atoms with van der Waals surface area (Å²) in [7, 11) is 0. The van der Waals surface area contributed by atoms with Crippen LogP contribution in [-0.2, 0) is 6.54 Å². The first-order valence-corrected chi connectivity index (χ1v) is 9.27. The van der Waals surface area contributed by atoms with Crippen LogP contribution in [0.2, 0.25) is 10.0 Å². The van der Waals surface area contributed by atoms with Gasteiger partial charge in [0.2, 0.25) is 0 Å². The number of amidine groups is 1. The Hall–Kier alpha value is -1.75. The number of hydrogen-bond acceptors (Lipinski definition) is 4. The second-order valence-corrected chi connectivity index (χ2v) is 7.35. The van der Waals surface area contributed by atoms with Crippen molar-refractivity contribution in [3.63, 3.8) is 0 Å². The van der Waals surface area contributed by atoms with Gasteiger partial charge in [0.05, 0.1) is 27.0 Å². The zero-order valence-electron chi connectivity index (χ0n) is 13.8. The molecule has 3 N–H and O–H groups in total. The second kappa shape index (κ2) is 6.87. The van der Waals surface area contributed by atoms with Crippen molar-refractivity contribution in [1.82, 2.24) is 10.6 Å². The van der Waals surface area contributed by atoms with Crippen LogP contribution < -0.4 is 16.0 Å². The number of rotatable bonds is 2. The fourth-order valence-electron chi connectivity index (χ4n) is 3.48. The molecule has 0 saturated carbocycles. The predicted molar refractivity (Wildman–Crippen MR) is 105 cm³/mol. The minimum absolute atomic E-state index is 0.190. The van der Waals surface area contributed by atoms with Crippen LogP contribution >= 0.6 is 23.2 Å². The van der Waals surface area contributed by atoms with E-state index in [1.165, 1.54) is 5.56 Å². The van der Waals surface area contributed by atoms with Crippen LogP contribution in [0.3, 0.4) is 0 Å². The van der Waals surface area contributed by atoms with Gasteiger partial charge in [0.25, 0.3) is 0 Å². The van der Waals surface area contributed by atoms with E-state index in [9.17, 15) is 0 Å². The van der Waals surface area contributed by atoms with Gasteiger partial charge in [0, 0.05) is 6.54 Å². The largest absolute Gasteiger partial charge is 0.371 e. The molecule has 0 bridgehead atoms. The Morgan fingerprint density at radius 1 is 1.04 bits per heavy atom. The summed E-state index contributed by atoms with van der Waals surface area (Å²) < 4.78 is 0. The van der Waals surface area contributed by atoms with E-state index < -0.39 is 0 Å². The number of hydrogen-bond donors (Lipinski definition) is 3. The van der Waals surface area contributed by atoms with Gasteiger partial charge in [-0.3, -0.25) is 0 Å². The smallest absolute Gasteiger partial charge is 0.128 e. The van der Waals surface area contributed by atoms with E-state index in [-0.39, 0.29) is 5.54 Å². The molecule has 0 amide bonds. The van der Waals surface area contributed by atoms with Gasteiger partial charge in [0.15, 0.2) is 0 Å². The molecule has 1 fully saturated rings. The lowest BCUT2D eigenvalue weighted by Crippen LogP contribution is -2.58. The highest BCUT2D eigenvalue weighted by Gasteiger charge is 2.40. The lowest BCUT2D eigenvalue weighted by atomic mass is 9.85. The average molecular weight is 375 g/mol. The third kappa shape index (κ3) is 3.34. The molecule has 6 heteroatoms. The number of benzene rings is 2. The van der Waals surface area contributed by atoms with E-state index >= 15 is 0 Å². The third-order valence-electron chi connectivity index (χ3n) is 4.86. The molecule has 4 nitrogen and oxygen atoms in total. The average Bonchev–Trinajstić information content (AvgIpc) is 2.63. The molecule has 25 heavy (non-hydrogen) atoms. The molecule has 2 heterocycles. The van der Waals surface area contributed by atoms with Gasteiger partial charge >= 0.3 is 0 Å². The van der Waals surface area contributed by atoms with Gasteiger partial charge in [-0.25, -0.2) is 4.99 Å². The van der Waals surface area contributed by atoms with Crippen molar-refractivity contribution in [2.75, 3.05) is 18.4 Å². The quantitative estimate of drug-likeness (QED) is 0.731. The third-order valence-corrected chi connectivity index (χ3v) is 5.58. The van der Waals surface area contributed by atoms with Crippen LogP contribution in [0.1, 0.15) is 18.4 Å². The summed E-state index contributed by atoms with van der Waals surface area (Å²) in [6, 6.07) is 14.1. The highest BCUT2D eigenvalue weighted by atomic mass is 35.5. The molecule has 0 radical (unpaired) electrons. The van der Waals surface area contributed by atoms with Gasteiger partial charge in [-0.05, 0) is 43.6 Å². The van der Waals surface area contributed by atoms with Gasteiger partial charge in [0.1, 0.15) is 5.84 Å². The molecule has 2 aromatic carbocycles. The lowest BCUT2D eigenvalue weighted by Gasteiger charge is -2.43. The zero-order chi connectivity index (χ0) is 17.3. The van der Waals surface area contributed by atoms with Crippen molar-refractivity contribution >= 4 is 40.4 Å². The van der Waals surface area contributed by atoms with E-state index in [4.69, 9.17) is 28.2 Å². The van der Waals surface area contributed by atoms with Crippen LogP contribution in [0.15, 0.2) is 47.5 Å². The van der Waals surface area contributed by atoms with Crippen molar-refractivity contribution < 1.29 is 0 Å². The molecular weight excluding hydrogens is 355 g/mol. The fraction of sp³-hybridized carbons (Fsp3) is 0.316. The summed E-state index contributed by atoms with van der Waals surface area (Å²) >= 11 is 12.4. The summed E-state index contributed by atoms with van der Waals surface area (Å²) in [4.78, 5) is 4.91. The molecule has 0 atom stereocenters. The Labute approximate surface area is 157 Å². The zero-order valence-corrected chi connectivity index (χ0v) is 15.3. The molecular formula is C19H20Cl2N4. The van der Waals surface area contributed by atoms with Crippen molar-refractivity contribution in [3.05, 3.63) is 58.1 Å². The monoisotopic (exact) mass is 374 g/mol. The minimum Gasteiger partial charge on any atom is -0.371 e. The standard InChI is InChI=1S/C19H20Cl2N4/c20-14-10-16-17(11-15(14)21)25-19(6-8-22-9-7-19)18(24-16)23-12-13-4-2-1-3-5-13/h1-5,10-11,22,25H,6-9,12H2,(H,23,24). The molecule has 1 spiro atoms. The van der Waals surface area contributed by atoms with E-state index in [2.05, 4.69) is 40.2 Å². The fourth-order valence-corrected chi connectivity index (χ4v) is 3.80. The number of piperidine rings is 1. The first kappa shape index (κ1) is 16.7. The first-order valence-electron chi connectivity index (χ1n) is 8.51. The van der Waals surface area contributed by atoms with Gasteiger partial charge in [-0.15, -0.1) is 0 Å². The Bertz CT molecular complexity index is 799. The van der Waals surface area contributed by atoms with Crippen molar-refractivity contribution in [3.8, 4) is 0 Å². The lowest BCUT2D eigenvalue weighted by molar-refractivity contribution is 0.412. The number of anilines is 1. The number of aliphatic imine (C=N–C) groups is 1. The Kier molecular flexibility index (Phi) is 4.59. The highest BCUT2D eigenvalue weighted by molar-refractivity contribution is 6.42. The molecule has 0 aliphatic carbocycles. The van der Waals surface area contributed by atoms with E-state index in [0.29, 0.717) is 10.0 Å². The SMILES string of the molecule is Clc1cc2c(cc1Cl)NC1(CCNCC1)C(NCc1ccccc1)=N2. The van der Waals surface area contributed by atoms with Crippen molar-refractivity contribution in [2.45, 2.75) is 24.9 Å². The van der Waals surface area contributed by atoms with Crippen molar-refractivity contribution in [2.24, 2.45) is 4.99 Å². The molecule has 0 aromatic heterocycles. The molecule has 0 unspecified atom stereocenters.